The number of methoxy groups -OCH3 is 1. The molecule has 0 radical (unpaired) electrons. The number of rotatable bonds is 5. The van der Waals surface area contributed by atoms with E-state index in [4.69, 9.17) is 17.0 Å². The molecule has 28 heavy (non-hydrogen) atoms. The molecule has 1 aliphatic heterocycles. The second-order valence-corrected chi connectivity index (χ2v) is 7.18. The SMILES string of the molecule is COc1ccc([N+](=O)[O-])cc1/C=C1/SC(=S)N(NC(=O)c2ccccc2)C1=O. The van der Waals surface area contributed by atoms with Gasteiger partial charge in [0.15, 0.2) is 4.32 Å². The third kappa shape index (κ3) is 4.02. The van der Waals surface area contributed by atoms with Crippen molar-refractivity contribution in [3.05, 3.63) is 74.7 Å². The zero-order chi connectivity index (χ0) is 20.3. The van der Waals surface area contributed by atoms with E-state index in [0.29, 0.717) is 16.9 Å². The molecule has 0 spiro atoms. The molecule has 10 heteroatoms. The number of carbonyl (C=O) groups excluding carboxylic acids is 2. The maximum absolute atomic E-state index is 12.7. The van der Waals surface area contributed by atoms with Crippen molar-refractivity contribution in [2.45, 2.75) is 0 Å². The fourth-order valence-electron chi connectivity index (χ4n) is 2.41. The molecule has 2 aromatic rings. The highest BCUT2D eigenvalue weighted by Crippen LogP contribution is 2.34. The van der Waals surface area contributed by atoms with E-state index in [-0.39, 0.29) is 14.9 Å². The quantitative estimate of drug-likeness (QED) is 0.346. The van der Waals surface area contributed by atoms with Crippen LogP contribution >= 0.6 is 24.0 Å². The van der Waals surface area contributed by atoms with Crippen LogP contribution < -0.4 is 10.2 Å². The number of nitrogens with zero attached hydrogens (tertiary/aromatic N) is 2. The fourth-order valence-corrected chi connectivity index (χ4v) is 3.58. The van der Waals surface area contributed by atoms with Crippen LogP contribution in [0.4, 0.5) is 5.69 Å². The topological polar surface area (TPSA) is 102 Å². The highest BCUT2D eigenvalue weighted by Gasteiger charge is 2.34. The molecule has 1 fully saturated rings. The number of ether oxygens (including phenoxy) is 1. The average Bonchev–Trinajstić information content (AvgIpc) is 2.95. The van der Waals surface area contributed by atoms with Crippen LogP contribution in [0, 0.1) is 10.1 Å². The molecule has 0 bridgehead atoms. The summed E-state index contributed by atoms with van der Waals surface area (Å²) in [5.41, 5.74) is 3.06. The van der Waals surface area contributed by atoms with Crippen molar-refractivity contribution >= 4 is 51.9 Å². The van der Waals surface area contributed by atoms with E-state index in [1.54, 1.807) is 30.3 Å². The van der Waals surface area contributed by atoms with Crippen molar-refractivity contribution in [3.63, 3.8) is 0 Å². The van der Waals surface area contributed by atoms with Gasteiger partial charge in [0, 0.05) is 23.3 Å². The highest BCUT2D eigenvalue weighted by atomic mass is 32.2. The monoisotopic (exact) mass is 415 g/mol. The minimum absolute atomic E-state index is 0.139. The Morgan fingerprint density at radius 2 is 2.00 bits per heavy atom. The summed E-state index contributed by atoms with van der Waals surface area (Å²) in [6, 6.07) is 12.4. The number of nitro groups is 1. The number of benzene rings is 2. The maximum atomic E-state index is 12.7. The van der Waals surface area contributed by atoms with E-state index < -0.39 is 16.7 Å². The Hall–Kier alpha value is -3.24. The number of nitrogens with one attached hydrogen (secondary N) is 1. The maximum Gasteiger partial charge on any atom is 0.285 e. The molecular formula is C18H13N3O5S2. The van der Waals surface area contributed by atoms with Crippen LogP contribution in [0.5, 0.6) is 5.75 Å². The summed E-state index contributed by atoms with van der Waals surface area (Å²) in [7, 11) is 1.42. The minimum atomic E-state index is -0.540. The summed E-state index contributed by atoms with van der Waals surface area (Å²) in [5, 5.41) is 12.0. The van der Waals surface area contributed by atoms with Gasteiger partial charge in [-0.1, -0.05) is 30.0 Å². The Balaban J connectivity index is 1.86. The van der Waals surface area contributed by atoms with Gasteiger partial charge in [-0.25, -0.2) is 0 Å². The smallest absolute Gasteiger partial charge is 0.285 e. The van der Waals surface area contributed by atoms with Gasteiger partial charge in [0.2, 0.25) is 0 Å². The molecule has 0 aromatic heterocycles. The van der Waals surface area contributed by atoms with E-state index >= 15 is 0 Å². The number of hydrogen-bond donors (Lipinski definition) is 1. The van der Waals surface area contributed by atoms with Gasteiger partial charge in [0.25, 0.3) is 17.5 Å². The lowest BCUT2D eigenvalue weighted by atomic mass is 10.1. The summed E-state index contributed by atoms with van der Waals surface area (Å²) in [4.78, 5) is 35.6. The molecule has 3 rings (SSSR count). The van der Waals surface area contributed by atoms with E-state index in [9.17, 15) is 19.7 Å². The second kappa shape index (κ2) is 8.19. The summed E-state index contributed by atoms with van der Waals surface area (Å²) >= 11 is 6.16. The first-order valence-corrected chi connectivity index (χ1v) is 9.09. The van der Waals surface area contributed by atoms with Gasteiger partial charge in [-0.2, -0.15) is 5.01 Å². The van der Waals surface area contributed by atoms with Crippen LogP contribution in [0.3, 0.4) is 0 Å². The molecule has 1 heterocycles. The summed E-state index contributed by atoms with van der Waals surface area (Å²) < 4.78 is 5.34. The molecular weight excluding hydrogens is 402 g/mol. The molecule has 2 aromatic carbocycles. The zero-order valence-corrected chi connectivity index (χ0v) is 16.1. The van der Waals surface area contributed by atoms with Crippen molar-refractivity contribution in [2.24, 2.45) is 0 Å². The standard InChI is InChI=1S/C18H13N3O5S2/c1-26-14-8-7-13(21(24)25)9-12(14)10-15-17(23)20(18(27)28-15)19-16(22)11-5-3-2-4-6-11/h2-10H,1H3,(H,19,22)/b15-10+. The van der Waals surface area contributed by atoms with Gasteiger partial charge in [0.05, 0.1) is 16.9 Å². The predicted molar refractivity (Wildman–Crippen MR) is 109 cm³/mol. The number of thiocarbonyl (C=S) groups is 1. The first-order chi connectivity index (χ1) is 13.4. The van der Waals surface area contributed by atoms with E-state index in [1.165, 1.54) is 31.4 Å². The van der Waals surface area contributed by atoms with Crippen molar-refractivity contribution in [1.82, 2.24) is 10.4 Å². The molecule has 0 aliphatic carbocycles. The van der Waals surface area contributed by atoms with Gasteiger partial charge in [-0.15, -0.1) is 0 Å². The molecule has 8 nitrogen and oxygen atoms in total. The summed E-state index contributed by atoms with van der Waals surface area (Å²) in [6.45, 7) is 0. The molecule has 0 unspecified atom stereocenters. The number of non-ortho nitro benzene ring substituents is 1. The van der Waals surface area contributed by atoms with Crippen LogP contribution in [0.15, 0.2) is 53.4 Å². The molecule has 1 aliphatic rings. The number of amides is 2. The molecule has 1 N–H and O–H groups in total. The lowest BCUT2D eigenvalue weighted by Gasteiger charge is -2.15. The molecule has 142 valence electrons. The van der Waals surface area contributed by atoms with Crippen LogP contribution in [0.2, 0.25) is 0 Å². The number of hydrogen-bond acceptors (Lipinski definition) is 7. The fraction of sp³-hybridized carbons (Fsp3) is 0.0556. The van der Waals surface area contributed by atoms with Gasteiger partial charge in [-0.3, -0.25) is 25.1 Å². The van der Waals surface area contributed by atoms with Crippen LogP contribution in [0.25, 0.3) is 6.08 Å². The summed E-state index contributed by atoms with van der Waals surface area (Å²) in [5.74, 6) is -0.650. The Morgan fingerprint density at radius 3 is 2.64 bits per heavy atom. The summed E-state index contributed by atoms with van der Waals surface area (Å²) in [6.07, 6.45) is 1.44. The molecule has 2 amide bonds. The van der Waals surface area contributed by atoms with E-state index in [2.05, 4.69) is 5.43 Å². The van der Waals surface area contributed by atoms with Crippen LogP contribution in [-0.2, 0) is 4.79 Å². The van der Waals surface area contributed by atoms with Crippen molar-refractivity contribution < 1.29 is 19.2 Å². The van der Waals surface area contributed by atoms with Gasteiger partial charge < -0.3 is 4.74 Å². The van der Waals surface area contributed by atoms with Crippen molar-refractivity contribution in [3.8, 4) is 5.75 Å². The number of hydrazine groups is 1. The van der Waals surface area contributed by atoms with Crippen LogP contribution in [0.1, 0.15) is 15.9 Å². The molecule has 0 atom stereocenters. The third-order valence-corrected chi connectivity index (χ3v) is 5.06. The highest BCUT2D eigenvalue weighted by molar-refractivity contribution is 8.26. The second-order valence-electron chi connectivity index (χ2n) is 5.51. The normalized spacial score (nSPS) is 15.0. The number of carbonyl (C=O) groups is 2. The number of nitro benzene ring substituents is 1. The Labute approximate surface area is 169 Å². The van der Waals surface area contributed by atoms with Crippen molar-refractivity contribution in [2.75, 3.05) is 7.11 Å². The predicted octanol–water partition coefficient (Wildman–Crippen LogP) is 3.15. The third-order valence-electron chi connectivity index (χ3n) is 3.75. The van der Waals surface area contributed by atoms with E-state index in [1.807, 2.05) is 0 Å². The first-order valence-electron chi connectivity index (χ1n) is 7.87. The Bertz CT molecular complexity index is 1010. The van der Waals surface area contributed by atoms with Gasteiger partial charge >= 0.3 is 0 Å². The molecule has 0 saturated carbocycles. The lowest BCUT2D eigenvalue weighted by Crippen LogP contribution is -2.44. The number of thioether (sulfide) groups is 1. The Morgan fingerprint density at radius 1 is 1.29 bits per heavy atom. The van der Waals surface area contributed by atoms with Crippen LogP contribution in [-0.4, -0.2) is 33.2 Å². The minimum Gasteiger partial charge on any atom is -0.496 e. The molecule has 1 saturated heterocycles. The largest absolute Gasteiger partial charge is 0.496 e. The van der Waals surface area contributed by atoms with Gasteiger partial charge in [0.1, 0.15) is 5.75 Å². The van der Waals surface area contributed by atoms with Crippen molar-refractivity contribution in [1.29, 1.82) is 0 Å². The first kappa shape index (κ1) is 19.5. The Kier molecular flexibility index (Phi) is 5.71. The van der Waals surface area contributed by atoms with E-state index in [0.717, 1.165) is 16.8 Å². The average molecular weight is 415 g/mol. The lowest BCUT2D eigenvalue weighted by molar-refractivity contribution is -0.384. The van der Waals surface area contributed by atoms with Gasteiger partial charge in [-0.05, 0) is 36.5 Å². The zero-order valence-electron chi connectivity index (χ0n) is 14.4.